The first-order chi connectivity index (χ1) is 9.20. The van der Waals surface area contributed by atoms with Gasteiger partial charge >= 0.3 is 0 Å². The molecule has 2 rings (SSSR count). The van der Waals surface area contributed by atoms with Crippen LogP contribution >= 0.6 is 23.5 Å². The fourth-order valence-electron chi connectivity index (χ4n) is 2.34. The van der Waals surface area contributed by atoms with Gasteiger partial charge in [-0.25, -0.2) is 0 Å². The van der Waals surface area contributed by atoms with Crippen LogP contribution in [0.1, 0.15) is 32.4 Å². The lowest BCUT2D eigenvalue weighted by Gasteiger charge is -2.34. The van der Waals surface area contributed by atoms with E-state index in [1.807, 2.05) is 4.68 Å². The number of hydrogen-bond acceptors (Lipinski definition) is 4. The second-order valence-corrected chi connectivity index (χ2v) is 8.01. The molecular weight excluding hydrogens is 274 g/mol. The van der Waals surface area contributed by atoms with Gasteiger partial charge in [-0.15, -0.1) is 0 Å². The lowest BCUT2D eigenvalue weighted by atomic mass is 10.1. The summed E-state index contributed by atoms with van der Waals surface area (Å²) < 4.78 is 2.04. The predicted molar refractivity (Wildman–Crippen MR) is 87.1 cm³/mol. The molecule has 0 unspecified atom stereocenters. The fraction of sp³-hybridized carbons (Fsp3) is 0.786. The van der Waals surface area contributed by atoms with E-state index >= 15 is 0 Å². The van der Waals surface area contributed by atoms with Gasteiger partial charge in [0.05, 0.1) is 6.20 Å². The number of hydrogen-bond donors (Lipinski definition) is 0. The second kappa shape index (κ2) is 7.60. The molecule has 5 heteroatoms. The standard InChI is InChI=1S/C14H25N3S2/c1-4-17-10-13(9-15-17)14-11-18-7-5-16(14)6-8-19-12(2)3/h9-10,12,14H,4-8,11H2,1-3H3/t14-/m1/s1. The highest BCUT2D eigenvalue weighted by Crippen LogP contribution is 2.29. The topological polar surface area (TPSA) is 21.1 Å². The van der Waals surface area contributed by atoms with Crippen LogP contribution in [0.5, 0.6) is 0 Å². The summed E-state index contributed by atoms with van der Waals surface area (Å²) in [4.78, 5) is 2.64. The Kier molecular flexibility index (Phi) is 6.10. The van der Waals surface area contributed by atoms with Crippen LogP contribution in [0.15, 0.2) is 12.4 Å². The smallest absolute Gasteiger partial charge is 0.0538 e. The van der Waals surface area contributed by atoms with E-state index in [1.165, 1.54) is 35.9 Å². The first kappa shape index (κ1) is 15.3. The largest absolute Gasteiger partial charge is 0.294 e. The quantitative estimate of drug-likeness (QED) is 0.804. The maximum absolute atomic E-state index is 4.43. The third-order valence-electron chi connectivity index (χ3n) is 3.43. The molecule has 0 spiro atoms. The highest BCUT2D eigenvalue weighted by molar-refractivity contribution is 7.99. The number of nitrogens with zero attached hydrogens (tertiary/aromatic N) is 3. The molecule has 2 heterocycles. The molecule has 1 fully saturated rings. The zero-order chi connectivity index (χ0) is 13.7. The van der Waals surface area contributed by atoms with E-state index < -0.39 is 0 Å². The molecule has 19 heavy (non-hydrogen) atoms. The van der Waals surface area contributed by atoms with Gasteiger partial charge in [-0.05, 0) is 12.2 Å². The van der Waals surface area contributed by atoms with Crippen molar-refractivity contribution in [1.82, 2.24) is 14.7 Å². The number of aromatic nitrogens is 2. The van der Waals surface area contributed by atoms with Crippen LogP contribution in [0.25, 0.3) is 0 Å². The monoisotopic (exact) mass is 299 g/mol. The Morgan fingerprint density at radius 2 is 2.37 bits per heavy atom. The molecule has 1 saturated heterocycles. The van der Waals surface area contributed by atoms with Gasteiger partial charge in [0.2, 0.25) is 0 Å². The van der Waals surface area contributed by atoms with Crippen LogP contribution in [-0.4, -0.2) is 50.3 Å². The number of thioether (sulfide) groups is 2. The molecule has 0 bridgehead atoms. The highest BCUT2D eigenvalue weighted by Gasteiger charge is 2.25. The molecule has 1 aromatic heterocycles. The molecule has 1 atom stereocenters. The van der Waals surface area contributed by atoms with Gasteiger partial charge in [-0.3, -0.25) is 9.58 Å². The molecule has 108 valence electrons. The molecule has 0 aliphatic carbocycles. The van der Waals surface area contributed by atoms with Crippen molar-refractivity contribution in [2.45, 2.75) is 38.6 Å². The van der Waals surface area contributed by atoms with E-state index in [4.69, 9.17) is 0 Å². The molecule has 1 aliphatic heterocycles. The van der Waals surface area contributed by atoms with Gasteiger partial charge in [0.1, 0.15) is 0 Å². The van der Waals surface area contributed by atoms with Gasteiger partial charge in [0.15, 0.2) is 0 Å². The molecule has 0 N–H and O–H groups in total. The molecule has 3 nitrogen and oxygen atoms in total. The van der Waals surface area contributed by atoms with E-state index in [-0.39, 0.29) is 0 Å². The van der Waals surface area contributed by atoms with Crippen LogP contribution < -0.4 is 0 Å². The van der Waals surface area contributed by atoms with Crippen LogP contribution in [0, 0.1) is 0 Å². The summed E-state index contributed by atoms with van der Waals surface area (Å²) in [5.41, 5.74) is 1.39. The molecule has 0 saturated carbocycles. The number of aryl methyl sites for hydroxylation is 1. The summed E-state index contributed by atoms with van der Waals surface area (Å²) in [5, 5.41) is 5.16. The molecular formula is C14H25N3S2. The maximum atomic E-state index is 4.43. The van der Waals surface area contributed by atoms with Gasteiger partial charge < -0.3 is 0 Å². The van der Waals surface area contributed by atoms with Gasteiger partial charge in [-0.2, -0.15) is 28.6 Å². The summed E-state index contributed by atoms with van der Waals surface area (Å²) in [6.45, 7) is 10.1. The van der Waals surface area contributed by atoms with E-state index in [0.29, 0.717) is 6.04 Å². The van der Waals surface area contributed by atoms with Crippen molar-refractivity contribution in [3.05, 3.63) is 18.0 Å². The first-order valence-electron chi connectivity index (χ1n) is 7.16. The van der Waals surface area contributed by atoms with Crippen molar-refractivity contribution in [2.75, 3.05) is 30.3 Å². The lowest BCUT2D eigenvalue weighted by Crippen LogP contribution is -2.37. The average Bonchev–Trinajstić information content (AvgIpc) is 2.87. The van der Waals surface area contributed by atoms with Crippen molar-refractivity contribution in [3.8, 4) is 0 Å². The Morgan fingerprint density at radius 3 is 3.05 bits per heavy atom. The number of rotatable bonds is 6. The highest BCUT2D eigenvalue weighted by atomic mass is 32.2. The molecule has 1 aliphatic rings. The molecule has 0 aromatic carbocycles. The summed E-state index contributed by atoms with van der Waals surface area (Å²) in [6, 6.07) is 0.562. The summed E-state index contributed by atoms with van der Waals surface area (Å²) in [5.74, 6) is 3.72. The zero-order valence-electron chi connectivity index (χ0n) is 12.2. The van der Waals surface area contributed by atoms with Crippen LogP contribution in [0.2, 0.25) is 0 Å². The minimum absolute atomic E-state index is 0.562. The van der Waals surface area contributed by atoms with Crippen molar-refractivity contribution in [2.24, 2.45) is 0 Å². The maximum Gasteiger partial charge on any atom is 0.0538 e. The minimum Gasteiger partial charge on any atom is -0.294 e. The minimum atomic E-state index is 0.562. The second-order valence-electron chi connectivity index (χ2n) is 5.18. The Balaban J connectivity index is 1.95. The van der Waals surface area contributed by atoms with Crippen molar-refractivity contribution in [1.29, 1.82) is 0 Å². The summed E-state index contributed by atoms with van der Waals surface area (Å²) >= 11 is 4.14. The van der Waals surface area contributed by atoms with Crippen molar-refractivity contribution < 1.29 is 0 Å². The van der Waals surface area contributed by atoms with Gasteiger partial charge in [0.25, 0.3) is 0 Å². The fourth-order valence-corrected chi connectivity index (χ4v) is 4.31. The van der Waals surface area contributed by atoms with Gasteiger partial charge in [-0.1, -0.05) is 13.8 Å². The van der Waals surface area contributed by atoms with E-state index in [1.54, 1.807) is 0 Å². The molecule has 1 aromatic rings. The van der Waals surface area contributed by atoms with E-state index in [2.05, 4.69) is 66.7 Å². The van der Waals surface area contributed by atoms with E-state index in [0.717, 1.165) is 11.8 Å². The van der Waals surface area contributed by atoms with Crippen molar-refractivity contribution >= 4 is 23.5 Å². The molecule has 0 radical (unpaired) electrons. The molecule has 0 amide bonds. The normalized spacial score (nSPS) is 21.2. The van der Waals surface area contributed by atoms with Crippen molar-refractivity contribution in [3.63, 3.8) is 0 Å². The SMILES string of the molecule is CCn1cc([C@H]2CSCCN2CCSC(C)C)cn1. The Morgan fingerprint density at radius 1 is 1.53 bits per heavy atom. The Hall–Kier alpha value is -0.130. The predicted octanol–water partition coefficient (Wildman–Crippen LogP) is 3.13. The average molecular weight is 300 g/mol. The third-order valence-corrected chi connectivity index (χ3v) is 5.54. The zero-order valence-corrected chi connectivity index (χ0v) is 13.8. The lowest BCUT2D eigenvalue weighted by molar-refractivity contribution is 0.235. The summed E-state index contributed by atoms with van der Waals surface area (Å²) in [7, 11) is 0. The first-order valence-corrected chi connectivity index (χ1v) is 9.36. The van der Waals surface area contributed by atoms with E-state index in [9.17, 15) is 0 Å². The van der Waals surface area contributed by atoms with Gasteiger partial charge in [0, 0.05) is 54.7 Å². The Labute approximate surface area is 125 Å². The van der Waals surface area contributed by atoms with Crippen LogP contribution in [-0.2, 0) is 6.54 Å². The summed E-state index contributed by atoms with van der Waals surface area (Å²) in [6.07, 6.45) is 4.28. The Bertz CT molecular complexity index is 379. The van der Waals surface area contributed by atoms with Crippen LogP contribution in [0.4, 0.5) is 0 Å². The third kappa shape index (κ3) is 4.43. The van der Waals surface area contributed by atoms with Crippen LogP contribution in [0.3, 0.4) is 0 Å².